The number of allylic oxidation sites excluding steroid dienone is 5. The van der Waals surface area contributed by atoms with Crippen molar-refractivity contribution >= 4 is 60.9 Å². The summed E-state index contributed by atoms with van der Waals surface area (Å²) < 4.78 is 2.25. The van der Waals surface area contributed by atoms with Crippen molar-refractivity contribution in [2.75, 3.05) is 4.90 Å². The van der Waals surface area contributed by atoms with Gasteiger partial charge >= 0.3 is 0 Å². The van der Waals surface area contributed by atoms with Gasteiger partial charge in [0, 0.05) is 33.2 Å². The molecule has 0 spiro atoms. The Morgan fingerprint density at radius 1 is 0.558 bits per heavy atom. The monoisotopic (exact) mass is 552 g/mol. The van der Waals surface area contributed by atoms with Crippen LogP contribution in [0, 0.1) is 0 Å². The third kappa shape index (κ3) is 4.83. The molecule has 0 amide bonds. The van der Waals surface area contributed by atoms with E-state index in [9.17, 15) is 0 Å². The van der Waals surface area contributed by atoms with Gasteiger partial charge in [0.25, 0.3) is 0 Å². The number of aromatic nitrogens is 1. The zero-order valence-electron chi connectivity index (χ0n) is 24.2. The van der Waals surface area contributed by atoms with Crippen LogP contribution in [0.2, 0.25) is 0 Å². The fraction of sp³-hybridized carbons (Fsp3) is 0.0244. The van der Waals surface area contributed by atoms with Gasteiger partial charge < -0.3 is 9.47 Å². The quantitative estimate of drug-likeness (QED) is 0.179. The molecule has 7 rings (SSSR count). The summed E-state index contributed by atoms with van der Waals surface area (Å²) in [7, 11) is 0. The lowest BCUT2D eigenvalue weighted by Gasteiger charge is -2.27. The van der Waals surface area contributed by atoms with Gasteiger partial charge in [-0.25, -0.2) is 0 Å². The van der Waals surface area contributed by atoms with Gasteiger partial charge in [-0.1, -0.05) is 122 Å². The maximum atomic E-state index is 4.47. The summed E-state index contributed by atoms with van der Waals surface area (Å²) in [5.41, 5.74) is 8.96. The SMILES string of the molecule is C=C(/C=C\C(=C/C)c1ccc(N(c2ccccc2)c2cccc3ccccc23)cc1)n1c2ccccc2c2ccccc21. The van der Waals surface area contributed by atoms with Crippen LogP contribution in [0.5, 0.6) is 0 Å². The number of hydrogen-bond acceptors (Lipinski definition) is 1. The molecule has 0 unspecified atom stereocenters. The van der Waals surface area contributed by atoms with Gasteiger partial charge in [0.05, 0.1) is 16.7 Å². The maximum absolute atomic E-state index is 4.47. The second kappa shape index (κ2) is 11.3. The van der Waals surface area contributed by atoms with Gasteiger partial charge in [0.1, 0.15) is 0 Å². The van der Waals surface area contributed by atoms with Gasteiger partial charge in [0.15, 0.2) is 0 Å². The Labute approximate surface area is 252 Å². The lowest BCUT2D eigenvalue weighted by atomic mass is 10.0. The van der Waals surface area contributed by atoms with E-state index >= 15 is 0 Å². The molecular weight excluding hydrogens is 520 g/mol. The number of nitrogens with zero attached hydrogens (tertiary/aromatic N) is 2. The maximum Gasteiger partial charge on any atom is 0.0540 e. The van der Waals surface area contributed by atoms with Crippen LogP contribution >= 0.6 is 0 Å². The second-order valence-electron chi connectivity index (χ2n) is 10.7. The molecule has 0 N–H and O–H groups in total. The average Bonchev–Trinajstić information content (AvgIpc) is 3.41. The Hall–Kier alpha value is -5.60. The molecule has 2 heteroatoms. The summed E-state index contributed by atoms with van der Waals surface area (Å²) in [4.78, 5) is 2.33. The molecule has 0 aliphatic heterocycles. The smallest absolute Gasteiger partial charge is 0.0540 e. The average molecular weight is 553 g/mol. The van der Waals surface area contributed by atoms with Crippen molar-refractivity contribution < 1.29 is 0 Å². The van der Waals surface area contributed by atoms with E-state index in [1.807, 2.05) is 0 Å². The van der Waals surface area contributed by atoms with Gasteiger partial charge in [-0.15, -0.1) is 0 Å². The van der Waals surface area contributed by atoms with Gasteiger partial charge in [0.2, 0.25) is 0 Å². The highest BCUT2D eigenvalue weighted by Crippen LogP contribution is 2.39. The van der Waals surface area contributed by atoms with Crippen LogP contribution in [-0.2, 0) is 0 Å². The number of anilines is 3. The molecular formula is C41H32N2. The highest BCUT2D eigenvalue weighted by Gasteiger charge is 2.15. The standard InChI is InChI=1S/C41H32N2/c1-3-31(25-24-30(2)42-40-21-11-9-19-37(40)38-20-10-12-22-41(38)42)32-26-28-35(29-27-32)43(34-16-5-4-6-17-34)39-23-13-15-33-14-7-8-18-36(33)39/h3-29H,2H2,1H3/b25-24-,31-3+. The van der Waals surface area contributed by atoms with Crippen LogP contribution in [0.3, 0.4) is 0 Å². The van der Waals surface area contributed by atoms with Gasteiger partial charge in [-0.3, -0.25) is 0 Å². The molecule has 0 radical (unpaired) electrons. The van der Waals surface area contributed by atoms with Crippen LogP contribution in [0.15, 0.2) is 170 Å². The summed E-state index contributed by atoms with van der Waals surface area (Å²) >= 11 is 0. The van der Waals surface area contributed by atoms with Crippen LogP contribution < -0.4 is 4.90 Å². The fourth-order valence-corrected chi connectivity index (χ4v) is 6.06. The lowest BCUT2D eigenvalue weighted by Crippen LogP contribution is -2.10. The zero-order valence-corrected chi connectivity index (χ0v) is 24.2. The number of fused-ring (bicyclic) bond motifs is 4. The summed E-state index contributed by atoms with van der Waals surface area (Å²) in [5, 5.41) is 4.92. The van der Waals surface area contributed by atoms with Crippen molar-refractivity contribution in [1.29, 1.82) is 0 Å². The minimum Gasteiger partial charge on any atom is -0.310 e. The van der Waals surface area contributed by atoms with Crippen molar-refractivity contribution in [3.05, 3.63) is 176 Å². The van der Waals surface area contributed by atoms with Crippen molar-refractivity contribution in [2.24, 2.45) is 0 Å². The van der Waals surface area contributed by atoms with Gasteiger partial charge in [-0.2, -0.15) is 0 Å². The highest BCUT2D eigenvalue weighted by atomic mass is 15.1. The molecule has 2 nitrogen and oxygen atoms in total. The summed E-state index contributed by atoms with van der Waals surface area (Å²) in [6.07, 6.45) is 6.44. The normalized spacial score (nSPS) is 12.0. The largest absolute Gasteiger partial charge is 0.310 e. The first-order valence-corrected chi connectivity index (χ1v) is 14.7. The van der Waals surface area contributed by atoms with E-state index in [0.717, 1.165) is 33.9 Å². The highest BCUT2D eigenvalue weighted by molar-refractivity contribution is 6.10. The van der Waals surface area contributed by atoms with E-state index in [1.165, 1.54) is 32.6 Å². The van der Waals surface area contributed by atoms with Crippen LogP contribution in [0.25, 0.3) is 43.8 Å². The molecule has 0 aliphatic rings. The lowest BCUT2D eigenvalue weighted by molar-refractivity contribution is 1.24. The van der Waals surface area contributed by atoms with Crippen LogP contribution in [-0.4, -0.2) is 4.57 Å². The molecule has 7 aromatic rings. The molecule has 43 heavy (non-hydrogen) atoms. The van der Waals surface area contributed by atoms with E-state index in [0.29, 0.717) is 0 Å². The molecule has 6 aromatic carbocycles. The number of para-hydroxylation sites is 3. The molecule has 0 saturated carbocycles. The Morgan fingerprint density at radius 3 is 1.79 bits per heavy atom. The third-order valence-electron chi connectivity index (χ3n) is 8.11. The Kier molecular flexibility index (Phi) is 6.94. The van der Waals surface area contributed by atoms with Gasteiger partial charge in [-0.05, 0) is 72.0 Å². The van der Waals surface area contributed by atoms with Crippen molar-refractivity contribution in [1.82, 2.24) is 4.57 Å². The number of hydrogen-bond donors (Lipinski definition) is 0. The number of rotatable bonds is 7. The van der Waals surface area contributed by atoms with E-state index in [4.69, 9.17) is 0 Å². The third-order valence-corrected chi connectivity index (χ3v) is 8.11. The summed E-state index contributed by atoms with van der Waals surface area (Å²) in [5.74, 6) is 0. The fourth-order valence-electron chi connectivity index (χ4n) is 6.06. The molecule has 1 heterocycles. The molecule has 206 valence electrons. The van der Waals surface area contributed by atoms with Crippen molar-refractivity contribution in [3.63, 3.8) is 0 Å². The number of benzene rings is 6. The minimum absolute atomic E-state index is 0.930. The first kappa shape index (κ1) is 26.3. The summed E-state index contributed by atoms with van der Waals surface area (Å²) in [6, 6.07) is 51.5. The first-order chi connectivity index (χ1) is 21.2. The van der Waals surface area contributed by atoms with E-state index in [-0.39, 0.29) is 0 Å². The first-order valence-electron chi connectivity index (χ1n) is 14.7. The Balaban J connectivity index is 1.23. The molecule has 0 bridgehead atoms. The van der Waals surface area contributed by atoms with Crippen molar-refractivity contribution in [2.45, 2.75) is 6.92 Å². The predicted octanol–water partition coefficient (Wildman–Crippen LogP) is 11.5. The molecule has 0 fully saturated rings. The molecule has 1 aromatic heterocycles. The molecule has 0 atom stereocenters. The Morgan fingerprint density at radius 2 is 1.12 bits per heavy atom. The second-order valence-corrected chi connectivity index (χ2v) is 10.7. The summed E-state index contributed by atoms with van der Waals surface area (Å²) in [6.45, 7) is 6.56. The topological polar surface area (TPSA) is 8.17 Å². The minimum atomic E-state index is 0.930. The van der Waals surface area contributed by atoms with Crippen LogP contribution in [0.1, 0.15) is 12.5 Å². The van der Waals surface area contributed by atoms with E-state index in [1.54, 1.807) is 0 Å². The predicted molar refractivity (Wildman–Crippen MR) is 186 cm³/mol. The van der Waals surface area contributed by atoms with E-state index in [2.05, 4.69) is 187 Å². The van der Waals surface area contributed by atoms with Crippen molar-refractivity contribution in [3.8, 4) is 0 Å². The zero-order chi connectivity index (χ0) is 29.2. The van der Waals surface area contributed by atoms with E-state index < -0.39 is 0 Å². The molecule has 0 saturated heterocycles. The Bertz CT molecular complexity index is 2090. The van der Waals surface area contributed by atoms with Crippen LogP contribution in [0.4, 0.5) is 17.1 Å². The molecule has 0 aliphatic carbocycles.